The minimum absolute atomic E-state index is 0.0647. The van der Waals surface area contributed by atoms with E-state index in [9.17, 15) is 4.79 Å². The van der Waals surface area contributed by atoms with E-state index in [2.05, 4.69) is 9.97 Å². The molecule has 82 valence electrons. The highest BCUT2D eigenvalue weighted by Gasteiger charge is 2.13. The summed E-state index contributed by atoms with van der Waals surface area (Å²) in [5.74, 6) is -0.0647. The van der Waals surface area contributed by atoms with Gasteiger partial charge in [-0.1, -0.05) is 6.07 Å². The van der Waals surface area contributed by atoms with E-state index in [1.54, 1.807) is 35.2 Å². The lowest BCUT2D eigenvalue weighted by Gasteiger charge is -2.15. The van der Waals surface area contributed by atoms with Crippen LogP contribution in [0.25, 0.3) is 0 Å². The van der Waals surface area contributed by atoms with Crippen LogP contribution in [0.2, 0.25) is 0 Å². The van der Waals surface area contributed by atoms with E-state index in [0.29, 0.717) is 12.2 Å². The fourth-order valence-corrected chi connectivity index (χ4v) is 1.88. The summed E-state index contributed by atoms with van der Waals surface area (Å²) in [6.45, 7) is 0.546. The number of rotatable bonds is 3. The van der Waals surface area contributed by atoms with Gasteiger partial charge in [-0.25, -0.2) is 4.98 Å². The highest BCUT2D eigenvalue weighted by Crippen LogP contribution is 2.07. The minimum Gasteiger partial charge on any atom is -0.336 e. The third kappa shape index (κ3) is 2.43. The fraction of sp³-hybridized carbons (Fsp3) is 0.182. The zero-order chi connectivity index (χ0) is 11.4. The van der Waals surface area contributed by atoms with Gasteiger partial charge in [-0.2, -0.15) is 0 Å². The largest absolute Gasteiger partial charge is 0.336 e. The third-order valence-corrected chi connectivity index (χ3v) is 2.73. The molecule has 0 saturated carbocycles. The molecule has 0 N–H and O–H groups in total. The monoisotopic (exact) mass is 233 g/mol. The first kappa shape index (κ1) is 10.8. The molecule has 0 aliphatic heterocycles. The van der Waals surface area contributed by atoms with Crippen molar-refractivity contribution < 1.29 is 4.79 Å². The molecule has 2 aromatic heterocycles. The second-order valence-electron chi connectivity index (χ2n) is 3.40. The Morgan fingerprint density at radius 1 is 1.56 bits per heavy atom. The van der Waals surface area contributed by atoms with Gasteiger partial charge in [0.25, 0.3) is 5.91 Å². The van der Waals surface area contributed by atoms with Crippen LogP contribution in [0.1, 0.15) is 16.1 Å². The van der Waals surface area contributed by atoms with E-state index in [1.807, 2.05) is 12.1 Å². The van der Waals surface area contributed by atoms with Gasteiger partial charge in [0, 0.05) is 31.4 Å². The van der Waals surface area contributed by atoms with Crippen molar-refractivity contribution >= 4 is 17.2 Å². The van der Waals surface area contributed by atoms with Crippen LogP contribution in [0.15, 0.2) is 35.4 Å². The molecule has 0 aliphatic carbocycles. The Bertz CT molecular complexity index is 455. The van der Waals surface area contributed by atoms with Crippen molar-refractivity contribution in [2.45, 2.75) is 6.54 Å². The molecule has 0 aliphatic rings. The minimum atomic E-state index is -0.0647. The van der Waals surface area contributed by atoms with Crippen LogP contribution >= 0.6 is 11.3 Å². The zero-order valence-corrected chi connectivity index (χ0v) is 9.65. The summed E-state index contributed by atoms with van der Waals surface area (Å²) < 4.78 is 0. The summed E-state index contributed by atoms with van der Waals surface area (Å²) >= 11 is 1.42. The molecular weight excluding hydrogens is 222 g/mol. The average Bonchev–Trinajstić information content (AvgIpc) is 2.83. The number of amides is 1. The van der Waals surface area contributed by atoms with E-state index in [0.717, 1.165) is 5.56 Å². The van der Waals surface area contributed by atoms with E-state index in [4.69, 9.17) is 0 Å². The van der Waals surface area contributed by atoms with E-state index < -0.39 is 0 Å². The predicted molar refractivity (Wildman–Crippen MR) is 62.1 cm³/mol. The van der Waals surface area contributed by atoms with Gasteiger partial charge in [0.1, 0.15) is 5.69 Å². The number of carbonyl (C=O) groups is 1. The number of aromatic nitrogens is 2. The van der Waals surface area contributed by atoms with Crippen molar-refractivity contribution in [1.29, 1.82) is 0 Å². The Kier molecular flexibility index (Phi) is 3.26. The Hall–Kier alpha value is -1.75. The van der Waals surface area contributed by atoms with E-state index in [1.165, 1.54) is 11.3 Å². The van der Waals surface area contributed by atoms with Crippen LogP contribution in [0, 0.1) is 0 Å². The third-order valence-electron chi connectivity index (χ3n) is 2.14. The van der Waals surface area contributed by atoms with Crippen molar-refractivity contribution in [2.24, 2.45) is 0 Å². The van der Waals surface area contributed by atoms with E-state index in [-0.39, 0.29) is 5.91 Å². The summed E-state index contributed by atoms with van der Waals surface area (Å²) in [5, 5.41) is 1.75. The molecule has 16 heavy (non-hydrogen) atoms. The number of hydrogen-bond donors (Lipinski definition) is 0. The Labute approximate surface area is 97.6 Å². The number of pyridine rings is 1. The quantitative estimate of drug-likeness (QED) is 0.812. The molecule has 0 aromatic carbocycles. The van der Waals surface area contributed by atoms with Crippen molar-refractivity contribution in [2.75, 3.05) is 7.05 Å². The first-order valence-corrected chi connectivity index (χ1v) is 5.74. The molecular formula is C11H11N3OS. The first-order chi connectivity index (χ1) is 7.77. The lowest BCUT2D eigenvalue weighted by atomic mass is 10.2. The molecule has 0 saturated heterocycles. The number of thiazole rings is 1. The number of nitrogens with zero attached hydrogens (tertiary/aromatic N) is 3. The molecule has 0 radical (unpaired) electrons. The summed E-state index contributed by atoms with van der Waals surface area (Å²) in [6.07, 6.45) is 3.47. The van der Waals surface area contributed by atoms with Crippen LogP contribution in [-0.2, 0) is 6.54 Å². The average molecular weight is 233 g/mol. The standard InChI is InChI=1S/C11H11N3OS/c1-14(6-9-3-2-4-12-5-9)11(15)10-7-16-8-13-10/h2-5,7-8H,6H2,1H3. The van der Waals surface area contributed by atoms with Gasteiger partial charge < -0.3 is 4.90 Å². The molecule has 2 aromatic rings. The van der Waals surface area contributed by atoms with Crippen molar-refractivity contribution in [3.63, 3.8) is 0 Å². The molecule has 2 rings (SSSR count). The number of carbonyl (C=O) groups excluding carboxylic acids is 1. The predicted octanol–water partition coefficient (Wildman–Crippen LogP) is 1.81. The van der Waals surface area contributed by atoms with Gasteiger partial charge in [0.15, 0.2) is 0 Å². The lowest BCUT2D eigenvalue weighted by Crippen LogP contribution is -2.26. The molecule has 0 unspecified atom stereocenters. The summed E-state index contributed by atoms with van der Waals surface area (Å²) in [7, 11) is 1.76. The molecule has 1 amide bonds. The maximum atomic E-state index is 11.9. The topological polar surface area (TPSA) is 46.1 Å². The second kappa shape index (κ2) is 4.85. The Balaban J connectivity index is 2.04. The fourth-order valence-electron chi connectivity index (χ4n) is 1.35. The molecule has 4 nitrogen and oxygen atoms in total. The maximum absolute atomic E-state index is 11.9. The summed E-state index contributed by atoms with van der Waals surface area (Å²) in [6, 6.07) is 3.80. The summed E-state index contributed by atoms with van der Waals surface area (Å²) in [4.78, 5) is 21.5. The molecule has 5 heteroatoms. The number of hydrogen-bond acceptors (Lipinski definition) is 4. The highest BCUT2D eigenvalue weighted by atomic mass is 32.1. The molecule has 0 fully saturated rings. The SMILES string of the molecule is CN(Cc1cccnc1)C(=O)c1cscn1. The van der Waals surface area contributed by atoms with E-state index >= 15 is 0 Å². The molecule has 0 bridgehead atoms. The smallest absolute Gasteiger partial charge is 0.273 e. The summed E-state index contributed by atoms with van der Waals surface area (Å²) in [5.41, 5.74) is 3.16. The second-order valence-corrected chi connectivity index (χ2v) is 4.11. The van der Waals surface area contributed by atoms with Gasteiger partial charge in [-0.05, 0) is 11.6 Å². The van der Waals surface area contributed by atoms with Crippen molar-refractivity contribution in [1.82, 2.24) is 14.9 Å². The Morgan fingerprint density at radius 2 is 2.44 bits per heavy atom. The Morgan fingerprint density at radius 3 is 3.06 bits per heavy atom. The van der Waals surface area contributed by atoms with Crippen molar-refractivity contribution in [3.8, 4) is 0 Å². The van der Waals surface area contributed by atoms with Gasteiger partial charge in [0.05, 0.1) is 5.51 Å². The molecule has 0 spiro atoms. The van der Waals surface area contributed by atoms with Gasteiger partial charge in [-0.15, -0.1) is 11.3 Å². The lowest BCUT2D eigenvalue weighted by molar-refractivity contribution is 0.0780. The van der Waals surface area contributed by atoms with Gasteiger partial charge in [0.2, 0.25) is 0 Å². The van der Waals surface area contributed by atoms with Gasteiger partial charge in [-0.3, -0.25) is 9.78 Å². The molecule has 0 atom stereocenters. The maximum Gasteiger partial charge on any atom is 0.273 e. The highest BCUT2D eigenvalue weighted by molar-refractivity contribution is 7.07. The molecule has 2 heterocycles. The van der Waals surface area contributed by atoms with Gasteiger partial charge >= 0.3 is 0 Å². The zero-order valence-electron chi connectivity index (χ0n) is 8.83. The van der Waals surface area contributed by atoms with Crippen LogP contribution < -0.4 is 0 Å². The van der Waals surface area contributed by atoms with Crippen LogP contribution in [0.3, 0.4) is 0 Å². The normalized spacial score (nSPS) is 10.1. The first-order valence-electron chi connectivity index (χ1n) is 4.80. The van der Waals surface area contributed by atoms with Crippen LogP contribution in [0.4, 0.5) is 0 Å². The van der Waals surface area contributed by atoms with Crippen molar-refractivity contribution in [3.05, 3.63) is 46.7 Å². The van der Waals surface area contributed by atoms with Crippen LogP contribution in [0.5, 0.6) is 0 Å². The van der Waals surface area contributed by atoms with Crippen LogP contribution in [-0.4, -0.2) is 27.8 Å².